The lowest BCUT2D eigenvalue weighted by molar-refractivity contribution is 0.0375. The molecule has 0 aromatic heterocycles. The van der Waals surface area contributed by atoms with Gasteiger partial charge in [0.25, 0.3) is 5.91 Å². The van der Waals surface area contributed by atoms with Gasteiger partial charge in [0.15, 0.2) is 0 Å². The lowest BCUT2D eigenvalue weighted by Gasteiger charge is -2.28. The van der Waals surface area contributed by atoms with E-state index < -0.39 is 31.3 Å². The van der Waals surface area contributed by atoms with E-state index in [0.717, 1.165) is 0 Å². The molecule has 0 bridgehead atoms. The standard InChI is InChI=1S/C11H13Cl2NO4/c12-8-2-1-7(3-9(8)13)10(18)14-11(4-15,5-16)6-17/h1-3,15-17H,4-6H2,(H,14,18). The molecule has 1 aromatic carbocycles. The number of benzene rings is 1. The fourth-order valence-electron chi connectivity index (χ4n) is 1.22. The van der Waals surface area contributed by atoms with Crippen LogP contribution < -0.4 is 5.32 Å². The molecular formula is C11H13Cl2NO4. The van der Waals surface area contributed by atoms with Crippen molar-refractivity contribution in [2.24, 2.45) is 0 Å². The van der Waals surface area contributed by atoms with Gasteiger partial charge in [0.2, 0.25) is 0 Å². The Bertz CT molecular complexity index is 427. The molecule has 1 rings (SSSR count). The van der Waals surface area contributed by atoms with Gasteiger partial charge in [-0.25, -0.2) is 0 Å². The van der Waals surface area contributed by atoms with E-state index in [-0.39, 0.29) is 10.6 Å². The molecule has 0 atom stereocenters. The van der Waals surface area contributed by atoms with Gasteiger partial charge in [-0.1, -0.05) is 23.2 Å². The summed E-state index contributed by atoms with van der Waals surface area (Å²) in [7, 11) is 0. The van der Waals surface area contributed by atoms with Crippen molar-refractivity contribution in [1.82, 2.24) is 5.32 Å². The minimum Gasteiger partial charge on any atom is -0.394 e. The monoisotopic (exact) mass is 293 g/mol. The first-order valence-corrected chi connectivity index (χ1v) is 5.84. The van der Waals surface area contributed by atoms with E-state index in [4.69, 9.17) is 38.5 Å². The minimum absolute atomic E-state index is 0.212. The number of carbonyl (C=O) groups is 1. The van der Waals surface area contributed by atoms with Crippen LogP contribution in [0.25, 0.3) is 0 Å². The number of aliphatic hydroxyl groups is 3. The predicted octanol–water partition coefficient (Wildman–Crippen LogP) is 0.439. The molecule has 0 saturated heterocycles. The zero-order valence-corrected chi connectivity index (χ0v) is 10.9. The van der Waals surface area contributed by atoms with Gasteiger partial charge >= 0.3 is 0 Å². The Labute approximate surface area is 114 Å². The SMILES string of the molecule is O=C(NC(CO)(CO)CO)c1ccc(Cl)c(Cl)c1. The van der Waals surface area contributed by atoms with Crippen molar-refractivity contribution in [3.63, 3.8) is 0 Å². The van der Waals surface area contributed by atoms with Crippen LogP contribution in [-0.2, 0) is 0 Å². The third-order valence-electron chi connectivity index (χ3n) is 2.47. The normalized spacial score (nSPS) is 11.4. The maximum atomic E-state index is 11.9. The molecule has 100 valence electrons. The van der Waals surface area contributed by atoms with Gasteiger partial charge in [-0.3, -0.25) is 4.79 Å². The van der Waals surface area contributed by atoms with Gasteiger partial charge in [-0.2, -0.15) is 0 Å². The first kappa shape index (κ1) is 15.2. The van der Waals surface area contributed by atoms with Crippen molar-refractivity contribution in [1.29, 1.82) is 0 Å². The molecule has 0 aliphatic rings. The Balaban J connectivity index is 2.90. The minimum atomic E-state index is -1.47. The molecule has 0 unspecified atom stereocenters. The van der Waals surface area contributed by atoms with E-state index >= 15 is 0 Å². The molecule has 1 amide bonds. The van der Waals surface area contributed by atoms with E-state index in [1.807, 2.05) is 0 Å². The van der Waals surface area contributed by atoms with Crippen molar-refractivity contribution in [2.75, 3.05) is 19.8 Å². The highest BCUT2D eigenvalue weighted by Gasteiger charge is 2.30. The predicted molar refractivity (Wildman–Crippen MR) is 67.9 cm³/mol. The van der Waals surface area contributed by atoms with Gasteiger partial charge in [0.1, 0.15) is 5.54 Å². The number of nitrogens with one attached hydrogen (secondary N) is 1. The van der Waals surface area contributed by atoms with E-state index in [0.29, 0.717) is 5.02 Å². The first-order chi connectivity index (χ1) is 8.48. The molecule has 0 heterocycles. The molecule has 5 nitrogen and oxygen atoms in total. The maximum Gasteiger partial charge on any atom is 0.252 e. The lowest BCUT2D eigenvalue weighted by atomic mass is 10.0. The Hall–Kier alpha value is -0.850. The maximum absolute atomic E-state index is 11.9. The average molecular weight is 294 g/mol. The third kappa shape index (κ3) is 3.34. The number of carbonyl (C=O) groups excluding carboxylic acids is 1. The number of aliphatic hydroxyl groups excluding tert-OH is 3. The van der Waals surface area contributed by atoms with Gasteiger partial charge in [-0.15, -0.1) is 0 Å². The van der Waals surface area contributed by atoms with Crippen LogP contribution in [0.2, 0.25) is 10.0 Å². The number of halogens is 2. The van der Waals surface area contributed by atoms with E-state index in [9.17, 15) is 4.79 Å². The van der Waals surface area contributed by atoms with Gasteiger partial charge in [0, 0.05) is 5.56 Å². The van der Waals surface area contributed by atoms with Crippen LogP contribution in [0.15, 0.2) is 18.2 Å². The summed E-state index contributed by atoms with van der Waals surface area (Å²) in [6.45, 7) is -1.77. The van der Waals surface area contributed by atoms with Crippen LogP contribution >= 0.6 is 23.2 Å². The quantitative estimate of drug-likeness (QED) is 0.634. The van der Waals surface area contributed by atoms with Crippen molar-refractivity contribution in [3.8, 4) is 0 Å². The highest BCUT2D eigenvalue weighted by molar-refractivity contribution is 6.42. The zero-order chi connectivity index (χ0) is 13.8. The summed E-state index contributed by atoms with van der Waals surface area (Å²) in [5.41, 5.74) is -1.26. The van der Waals surface area contributed by atoms with Gasteiger partial charge in [0.05, 0.1) is 29.9 Å². The summed E-state index contributed by atoms with van der Waals surface area (Å²) in [6.07, 6.45) is 0. The van der Waals surface area contributed by atoms with Crippen molar-refractivity contribution in [2.45, 2.75) is 5.54 Å². The first-order valence-electron chi connectivity index (χ1n) is 5.08. The fourth-order valence-corrected chi connectivity index (χ4v) is 1.52. The summed E-state index contributed by atoms with van der Waals surface area (Å²) >= 11 is 11.5. The number of rotatable bonds is 5. The molecule has 4 N–H and O–H groups in total. The van der Waals surface area contributed by atoms with E-state index in [1.165, 1.54) is 18.2 Å². The van der Waals surface area contributed by atoms with Crippen LogP contribution in [0.5, 0.6) is 0 Å². The van der Waals surface area contributed by atoms with Crippen LogP contribution in [-0.4, -0.2) is 46.6 Å². The smallest absolute Gasteiger partial charge is 0.252 e. The Morgan fingerprint density at radius 2 is 1.67 bits per heavy atom. The average Bonchev–Trinajstić information content (AvgIpc) is 2.39. The van der Waals surface area contributed by atoms with E-state index in [1.54, 1.807) is 0 Å². The Morgan fingerprint density at radius 1 is 1.11 bits per heavy atom. The van der Waals surface area contributed by atoms with Crippen LogP contribution in [0.1, 0.15) is 10.4 Å². The van der Waals surface area contributed by atoms with Crippen LogP contribution in [0.3, 0.4) is 0 Å². The summed E-state index contributed by atoms with van der Waals surface area (Å²) in [5.74, 6) is -0.578. The summed E-state index contributed by atoms with van der Waals surface area (Å²) in [5, 5.41) is 30.1. The molecule has 0 aliphatic carbocycles. The summed E-state index contributed by atoms with van der Waals surface area (Å²) < 4.78 is 0. The molecule has 0 saturated carbocycles. The molecule has 1 aromatic rings. The summed E-state index contributed by atoms with van der Waals surface area (Å²) in [6, 6.07) is 4.26. The van der Waals surface area contributed by atoms with Crippen LogP contribution in [0.4, 0.5) is 0 Å². The molecule has 0 radical (unpaired) electrons. The second-order valence-corrected chi connectivity index (χ2v) is 4.65. The van der Waals surface area contributed by atoms with Crippen molar-refractivity contribution < 1.29 is 20.1 Å². The number of amides is 1. The largest absolute Gasteiger partial charge is 0.394 e. The second kappa shape index (κ2) is 6.36. The molecule has 0 fully saturated rings. The van der Waals surface area contributed by atoms with Crippen LogP contribution in [0, 0.1) is 0 Å². The second-order valence-electron chi connectivity index (χ2n) is 3.84. The van der Waals surface area contributed by atoms with Crippen molar-refractivity contribution >= 4 is 29.1 Å². The summed E-state index contributed by atoms with van der Waals surface area (Å²) in [4.78, 5) is 11.9. The fraction of sp³-hybridized carbons (Fsp3) is 0.364. The Morgan fingerprint density at radius 3 is 2.11 bits per heavy atom. The Kier molecular flexibility index (Phi) is 5.37. The zero-order valence-electron chi connectivity index (χ0n) is 9.36. The third-order valence-corrected chi connectivity index (χ3v) is 3.21. The highest BCUT2D eigenvalue weighted by atomic mass is 35.5. The molecule has 0 aliphatic heterocycles. The number of hydrogen-bond donors (Lipinski definition) is 4. The molecule has 7 heteroatoms. The van der Waals surface area contributed by atoms with Gasteiger partial charge in [-0.05, 0) is 18.2 Å². The molecule has 18 heavy (non-hydrogen) atoms. The van der Waals surface area contributed by atoms with Crippen molar-refractivity contribution in [3.05, 3.63) is 33.8 Å². The lowest BCUT2D eigenvalue weighted by Crippen LogP contribution is -2.57. The molecule has 0 spiro atoms. The number of hydrogen-bond acceptors (Lipinski definition) is 4. The topological polar surface area (TPSA) is 89.8 Å². The highest BCUT2D eigenvalue weighted by Crippen LogP contribution is 2.22. The molecular weight excluding hydrogens is 281 g/mol. The van der Waals surface area contributed by atoms with Gasteiger partial charge < -0.3 is 20.6 Å². The van der Waals surface area contributed by atoms with E-state index in [2.05, 4.69) is 5.32 Å².